The highest BCUT2D eigenvalue weighted by Crippen LogP contribution is 2.32. The molecular formula is C19H18N4O5. The summed E-state index contributed by atoms with van der Waals surface area (Å²) in [7, 11) is 0. The number of hydrogen-bond acceptors (Lipinski definition) is 7. The molecule has 1 N–H and O–H groups in total. The highest BCUT2D eigenvalue weighted by Gasteiger charge is 2.19. The van der Waals surface area contributed by atoms with Crippen molar-refractivity contribution in [3.63, 3.8) is 0 Å². The van der Waals surface area contributed by atoms with Crippen molar-refractivity contribution in [1.29, 1.82) is 5.26 Å². The van der Waals surface area contributed by atoms with E-state index in [0.29, 0.717) is 12.4 Å². The quantitative estimate of drug-likeness (QED) is 0.339. The maximum atomic E-state index is 12.3. The molecule has 0 spiro atoms. The van der Waals surface area contributed by atoms with Crippen LogP contribution in [0.15, 0.2) is 40.6 Å². The summed E-state index contributed by atoms with van der Waals surface area (Å²) in [4.78, 5) is 27.1. The summed E-state index contributed by atoms with van der Waals surface area (Å²) < 4.78 is 6.24. The van der Waals surface area contributed by atoms with Crippen LogP contribution in [0.25, 0.3) is 0 Å². The number of aromatic nitrogens is 1. The summed E-state index contributed by atoms with van der Waals surface area (Å²) in [5, 5.41) is 31.0. The maximum Gasteiger partial charge on any atom is 0.298 e. The third-order valence-electron chi connectivity index (χ3n) is 3.95. The van der Waals surface area contributed by atoms with Crippen LogP contribution in [0.3, 0.4) is 0 Å². The lowest BCUT2D eigenvalue weighted by Crippen LogP contribution is -2.24. The Kier molecular flexibility index (Phi) is 6.29. The van der Waals surface area contributed by atoms with Crippen molar-refractivity contribution in [2.24, 2.45) is 4.99 Å². The summed E-state index contributed by atoms with van der Waals surface area (Å²) in [5.41, 5.74) is -0.709. The normalized spacial score (nSPS) is 10.6. The molecule has 1 heterocycles. The van der Waals surface area contributed by atoms with Crippen molar-refractivity contribution in [2.75, 3.05) is 6.61 Å². The number of hydrogen-bond donors (Lipinski definition) is 1. The molecule has 9 nitrogen and oxygen atoms in total. The van der Waals surface area contributed by atoms with Gasteiger partial charge in [-0.2, -0.15) is 5.26 Å². The minimum atomic E-state index is -0.651. The average Bonchev–Trinajstić information content (AvgIpc) is 2.66. The molecule has 28 heavy (non-hydrogen) atoms. The van der Waals surface area contributed by atoms with E-state index < -0.39 is 16.4 Å². The molecular weight excluding hydrogens is 364 g/mol. The van der Waals surface area contributed by atoms with Gasteiger partial charge >= 0.3 is 0 Å². The standard InChI is InChI=1S/C19H18N4O5/c1-4-8-22-18(24)14(10-20)12(3)15(19(22)25)11-21-16-7-6-13(28-5-2)9-17(16)23(26)27/h4,6-7,9,11,25H,1,5,8H2,2-3H3. The Bertz CT molecular complexity index is 1060. The molecule has 1 aromatic carbocycles. The fourth-order valence-electron chi connectivity index (χ4n) is 2.57. The molecule has 0 saturated carbocycles. The van der Waals surface area contributed by atoms with Crippen molar-refractivity contribution in [1.82, 2.24) is 4.57 Å². The number of aromatic hydroxyl groups is 1. The van der Waals surface area contributed by atoms with E-state index in [4.69, 9.17) is 4.74 Å². The number of nitrogens with zero attached hydrogens (tertiary/aromatic N) is 4. The Balaban J connectivity index is 2.63. The van der Waals surface area contributed by atoms with E-state index in [1.54, 1.807) is 6.92 Å². The van der Waals surface area contributed by atoms with Gasteiger partial charge in [0.2, 0.25) is 5.88 Å². The van der Waals surface area contributed by atoms with Crippen molar-refractivity contribution in [3.05, 3.63) is 68.0 Å². The van der Waals surface area contributed by atoms with E-state index in [9.17, 15) is 25.3 Å². The summed E-state index contributed by atoms with van der Waals surface area (Å²) in [6.07, 6.45) is 2.59. The van der Waals surface area contributed by atoms with Gasteiger partial charge in [-0.15, -0.1) is 6.58 Å². The third-order valence-corrected chi connectivity index (χ3v) is 3.95. The van der Waals surface area contributed by atoms with Gasteiger partial charge in [0.05, 0.1) is 23.2 Å². The zero-order valence-corrected chi connectivity index (χ0v) is 15.4. The topological polar surface area (TPSA) is 131 Å². The maximum absolute atomic E-state index is 12.3. The molecule has 0 fully saturated rings. The first-order valence-corrected chi connectivity index (χ1v) is 8.28. The van der Waals surface area contributed by atoms with Gasteiger partial charge in [0.1, 0.15) is 23.1 Å². The zero-order chi connectivity index (χ0) is 20.8. The third kappa shape index (κ3) is 3.91. The van der Waals surface area contributed by atoms with E-state index >= 15 is 0 Å². The fourth-order valence-corrected chi connectivity index (χ4v) is 2.57. The number of rotatable bonds is 7. The molecule has 0 amide bonds. The van der Waals surface area contributed by atoms with Crippen LogP contribution in [-0.4, -0.2) is 27.4 Å². The van der Waals surface area contributed by atoms with E-state index in [1.165, 1.54) is 37.4 Å². The Morgan fingerprint density at radius 1 is 1.50 bits per heavy atom. The number of ether oxygens (including phenoxy) is 1. The molecule has 144 valence electrons. The van der Waals surface area contributed by atoms with Gasteiger partial charge in [-0.3, -0.25) is 19.5 Å². The second-order valence-corrected chi connectivity index (χ2v) is 5.65. The van der Waals surface area contributed by atoms with Crippen LogP contribution < -0.4 is 10.3 Å². The van der Waals surface area contributed by atoms with Crippen molar-refractivity contribution < 1.29 is 14.8 Å². The minimum Gasteiger partial charge on any atom is -0.494 e. The Morgan fingerprint density at radius 2 is 2.21 bits per heavy atom. The molecule has 0 aliphatic carbocycles. The molecule has 0 bridgehead atoms. The lowest BCUT2D eigenvalue weighted by Gasteiger charge is -2.12. The van der Waals surface area contributed by atoms with Gasteiger partial charge in [0.15, 0.2) is 0 Å². The second kappa shape index (κ2) is 8.64. The van der Waals surface area contributed by atoms with Gasteiger partial charge in [0.25, 0.3) is 11.2 Å². The van der Waals surface area contributed by atoms with Crippen LogP contribution in [0.2, 0.25) is 0 Å². The number of pyridine rings is 1. The predicted molar refractivity (Wildman–Crippen MR) is 104 cm³/mol. The van der Waals surface area contributed by atoms with Crippen LogP contribution in [0.1, 0.15) is 23.6 Å². The predicted octanol–water partition coefficient (Wildman–Crippen LogP) is 2.98. The second-order valence-electron chi connectivity index (χ2n) is 5.65. The molecule has 9 heteroatoms. The van der Waals surface area contributed by atoms with Crippen LogP contribution >= 0.6 is 0 Å². The summed E-state index contributed by atoms with van der Waals surface area (Å²) >= 11 is 0. The number of nitro groups is 1. The molecule has 2 aromatic rings. The van der Waals surface area contributed by atoms with Gasteiger partial charge in [-0.25, -0.2) is 4.99 Å². The molecule has 0 atom stereocenters. The largest absolute Gasteiger partial charge is 0.494 e. The number of nitro benzene ring substituents is 1. The Labute approximate surface area is 160 Å². The molecule has 2 rings (SSSR count). The van der Waals surface area contributed by atoms with Gasteiger partial charge in [-0.1, -0.05) is 6.08 Å². The first-order chi connectivity index (χ1) is 13.3. The van der Waals surface area contributed by atoms with Crippen molar-refractivity contribution >= 4 is 17.6 Å². The molecule has 0 aliphatic rings. The summed E-state index contributed by atoms with van der Waals surface area (Å²) in [6, 6.07) is 6.02. The van der Waals surface area contributed by atoms with Gasteiger partial charge in [-0.05, 0) is 31.5 Å². The van der Waals surface area contributed by atoms with Crippen LogP contribution in [0.4, 0.5) is 11.4 Å². The average molecular weight is 382 g/mol. The number of nitriles is 1. The monoisotopic (exact) mass is 382 g/mol. The van der Waals surface area contributed by atoms with Gasteiger partial charge in [0, 0.05) is 12.8 Å². The first-order valence-electron chi connectivity index (χ1n) is 8.28. The number of benzene rings is 1. The fraction of sp³-hybridized carbons (Fsp3) is 0.211. The lowest BCUT2D eigenvalue weighted by atomic mass is 10.1. The molecule has 0 radical (unpaired) electrons. The van der Waals surface area contributed by atoms with E-state index in [1.807, 2.05) is 6.07 Å². The molecule has 0 unspecified atom stereocenters. The lowest BCUT2D eigenvalue weighted by molar-refractivity contribution is -0.384. The molecule has 1 aromatic heterocycles. The SMILES string of the molecule is C=CCn1c(O)c(C=Nc2ccc(OCC)cc2[N+](=O)[O-])c(C)c(C#N)c1=O. The van der Waals surface area contributed by atoms with E-state index in [2.05, 4.69) is 11.6 Å². The van der Waals surface area contributed by atoms with E-state index in [-0.39, 0.29) is 34.6 Å². The zero-order valence-electron chi connectivity index (χ0n) is 15.4. The molecule has 0 saturated heterocycles. The van der Waals surface area contributed by atoms with Crippen LogP contribution in [0.5, 0.6) is 11.6 Å². The number of aliphatic imine (C=N–C) groups is 1. The Morgan fingerprint density at radius 3 is 2.79 bits per heavy atom. The highest BCUT2D eigenvalue weighted by molar-refractivity contribution is 5.88. The van der Waals surface area contributed by atoms with Gasteiger partial charge < -0.3 is 9.84 Å². The minimum absolute atomic E-state index is 0.0102. The van der Waals surface area contributed by atoms with E-state index in [0.717, 1.165) is 4.57 Å². The van der Waals surface area contributed by atoms with Crippen LogP contribution in [0, 0.1) is 28.4 Å². The summed E-state index contributed by atoms with van der Waals surface area (Å²) in [5.74, 6) is -0.0720. The van der Waals surface area contributed by atoms with Crippen LogP contribution in [-0.2, 0) is 6.54 Å². The van der Waals surface area contributed by atoms with Crippen molar-refractivity contribution in [2.45, 2.75) is 20.4 Å². The molecule has 0 aliphatic heterocycles. The van der Waals surface area contributed by atoms with Crippen molar-refractivity contribution in [3.8, 4) is 17.7 Å². The highest BCUT2D eigenvalue weighted by atomic mass is 16.6. The number of allylic oxidation sites excluding steroid dienone is 1. The Hall–Kier alpha value is -3.93. The summed E-state index contributed by atoms with van der Waals surface area (Å²) in [6.45, 7) is 7.12. The first kappa shape index (κ1) is 20.4. The smallest absolute Gasteiger partial charge is 0.298 e.